The van der Waals surface area contributed by atoms with Crippen LogP contribution in [0.15, 0.2) is 128 Å². The van der Waals surface area contributed by atoms with Crippen molar-refractivity contribution >= 4 is 23.6 Å². The Hall–Kier alpha value is -4.88. The first-order valence-electron chi connectivity index (χ1n) is 12.3. The highest BCUT2D eigenvalue weighted by Crippen LogP contribution is 2.18. The number of hydrogen-bond donors (Lipinski definition) is 0. The highest BCUT2D eigenvalue weighted by Gasteiger charge is 2.35. The zero-order valence-electron chi connectivity index (χ0n) is 20.8. The van der Waals surface area contributed by atoms with Crippen molar-refractivity contribution in [2.24, 2.45) is 0 Å². The van der Waals surface area contributed by atoms with Crippen LogP contribution in [-0.2, 0) is 0 Å². The van der Waals surface area contributed by atoms with E-state index in [0.717, 1.165) is 33.9 Å². The Bertz CT molecular complexity index is 1430. The van der Waals surface area contributed by atoms with Gasteiger partial charge in [-0.25, -0.2) is 0 Å². The van der Waals surface area contributed by atoms with E-state index >= 15 is 0 Å². The third-order valence-electron chi connectivity index (χ3n) is 6.88. The fourth-order valence-electron chi connectivity index (χ4n) is 4.61. The Kier molecular flexibility index (Phi) is 6.33. The summed E-state index contributed by atoms with van der Waals surface area (Å²) in [6.45, 7) is 2.33. The van der Waals surface area contributed by atoms with Gasteiger partial charge in [0, 0.05) is 60.7 Å². The van der Waals surface area contributed by atoms with E-state index in [1.165, 1.54) is 15.6 Å². The third kappa shape index (κ3) is 4.51. The average molecular weight is 509 g/mol. The van der Waals surface area contributed by atoms with Gasteiger partial charge in [-0.05, 0) is 70.2 Å². The van der Waals surface area contributed by atoms with Crippen molar-refractivity contribution in [2.45, 2.75) is 6.55 Å². The van der Waals surface area contributed by atoms with Gasteiger partial charge in [0.05, 0.1) is 22.8 Å². The molecular formula is C31H24N6Si. The maximum absolute atomic E-state index is 4.84. The molecule has 0 aliphatic carbocycles. The number of aromatic nitrogens is 6. The van der Waals surface area contributed by atoms with Crippen molar-refractivity contribution in [3.8, 4) is 33.9 Å². The normalized spacial score (nSPS) is 12.6. The predicted molar refractivity (Wildman–Crippen MR) is 153 cm³/mol. The molecule has 0 saturated heterocycles. The second-order valence-electron chi connectivity index (χ2n) is 9.11. The Morgan fingerprint density at radius 1 is 0.421 bits per heavy atom. The van der Waals surface area contributed by atoms with E-state index in [1.807, 2.05) is 67.3 Å². The first kappa shape index (κ1) is 23.5. The number of nitrogens with zero attached hydrogens (tertiary/aromatic N) is 6. The second-order valence-corrected chi connectivity index (χ2v) is 13.1. The third-order valence-corrected chi connectivity index (χ3v) is 11.2. The summed E-state index contributed by atoms with van der Waals surface area (Å²) in [5.74, 6) is 0. The monoisotopic (exact) mass is 508 g/mol. The largest absolute Gasteiger partial charge is 0.265 e. The minimum absolute atomic E-state index is 0.849. The van der Waals surface area contributed by atoms with Crippen LogP contribution in [0.3, 0.4) is 0 Å². The Morgan fingerprint density at radius 2 is 1.03 bits per heavy atom. The molecule has 7 heteroatoms. The maximum atomic E-state index is 4.84. The number of rotatable bonds is 6. The van der Waals surface area contributed by atoms with Crippen LogP contribution in [0.1, 0.15) is 0 Å². The lowest BCUT2D eigenvalue weighted by Gasteiger charge is -2.29. The Labute approximate surface area is 222 Å². The fraction of sp³-hybridized carbons (Fsp3) is 0.0323. The van der Waals surface area contributed by atoms with Crippen molar-refractivity contribution in [1.82, 2.24) is 29.9 Å². The summed E-state index contributed by atoms with van der Waals surface area (Å²) in [6, 6.07) is 26.5. The van der Waals surface area contributed by atoms with E-state index in [1.54, 1.807) is 24.8 Å². The van der Waals surface area contributed by atoms with E-state index in [4.69, 9.17) is 15.0 Å². The first-order chi connectivity index (χ1) is 18.7. The summed E-state index contributed by atoms with van der Waals surface area (Å²) >= 11 is 0. The number of hydrogen-bond acceptors (Lipinski definition) is 6. The Morgan fingerprint density at radius 3 is 1.55 bits per heavy atom. The molecule has 6 rings (SSSR count). The highest BCUT2D eigenvalue weighted by atomic mass is 28.3. The molecule has 38 heavy (non-hydrogen) atoms. The van der Waals surface area contributed by atoms with Gasteiger partial charge in [-0.3, -0.25) is 29.9 Å². The van der Waals surface area contributed by atoms with Gasteiger partial charge in [0.15, 0.2) is 8.07 Å². The van der Waals surface area contributed by atoms with Crippen molar-refractivity contribution in [3.63, 3.8) is 0 Å². The fourth-order valence-corrected chi connectivity index (χ4v) is 7.83. The minimum atomic E-state index is -2.49. The second kappa shape index (κ2) is 10.2. The van der Waals surface area contributed by atoms with E-state index in [9.17, 15) is 0 Å². The molecule has 0 spiro atoms. The summed E-state index contributed by atoms with van der Waals surface area (Å²) in [6.07, 6.45) is 15.0. The van der Waals surface area contributed by atoms with Gasteiger partial charge in [0.25, 0.3) is 0 Å². The molecule has 0 amide bonds. The van der Waals surface area contributed by atoms with Crippen molar-refractivity contribution in [2.75, 3.05) is 0 Å². The molecule has 182 valence electrons. The molecule has 0 bridgehead atoms. The van der Waals surface area contributed by atoms with Gasteiger partial charge in [0.1, 0.15) is 0 Å². The van der Waals surface area contributed by atoms with Crippen molar-refractivity contribution in [3.05, 3.63) is 128 Å². The molecule has 0 aliphatic rings. The Balaban J connectivity index is 1.43. The minimum Gasteiger partial charge on any atom is -0.265 e. The van der Waals surface area contributed by atoms with Crippen molar-refractivity contribution in [1.29, 1.82) is 0 Å². The van der Waals surface area contributed by atoms with Gasteiger partial charge in [-0.15, -0.1) is 0 Å². The summed E-state index contributed by atoms with van der Waals surface area (Å²) < 4.78 is 0. The first-order valence-corrected chi connectivity index (χ1v) is 14.8. The molecule has 0 N–H and O–H groups in total. The quantitative estimate of drug-likeness (QED) is 0.315. The molecule has 1 atom stereocenters. The molecule has 0 aliphatic heterocycles. The summed E-state index contributed by atoms with van der Waals surface area (Å²) in [5, 5.41) is 3.53. The van der Waals surface area contributed by atoms with Gasteiger partial charge < -0.3 is 0 Å². The molecular weight excluding hydrogens is 484 g/mol. The molecule has 0 saturated carbocycles. The lowest BCUT2D eigenvalue weighted by molar-refractivity contribution is 1.25. The summed E-state index contributed by atoms with van der Waals surface area (Å²) in [7, 11) is -2.49. The van der Waals surface area contributed by atoms with Crippen LogP contribution in [0.5, 0.6) is 0 Å². The lowest BCUT2D eigenvalue weighted by atomic mass is 10.2. The van der Waals surface area contributed by atoms with Crippen LogP contribution in [0.4, 0.5) is 0 Å². The van der Waals surface area contributed by atoms with Crippen LogP contribution in [0, 0.1) is 0 Å². The smallest absolute Gasteiger partial charge is 0.151 e. The van der Waals surface area contributed by atoms with Crippen LogP contribution in [-0.4, -0.2) is 38.0 Å². The zero-order chi connectivity index (χ0) is 25.8. The molecule has 6 aromatic rings. The van der Waals surface area contributed by atoms with Gasteiger partial charge >= 0.3 is 0 Å². The van der Waals surface area contributed by atoms with Crippen LogP contribution in [0.2, 0.25) is 6.55 Å². The zero-order valence-corrected chi connectivity index (χ0v) is 21.8. The average Bonchev–Trinajstić information content (AvgIpc) is 3.02. The summed E-state index contributed by atoms with van der Waals surface area (Å²) in [4.78, 5) is 27.3. The lowest BCUT2D eigenvalue weighted by Crippen LogP contribution is -2.65. The molecule has 6 nitrogen and oxygen atoms in total. The molecule has 0 fully saturated rings. The number of pyridine rings is 6. The van der Waals surface area contributed by atoms with E-state index < -0.39 is 8.07 Å². The highest BCUT2D eigenvalue weighted by molar-refractivity contribution is 7.10. The predicted octanol–water partition coefficient (Wildman–Crippen LogP) is 4.16. The molecule has 0 aromatic carbocycles. The van der Waals surface area contributed by atoms with Crippen LogP contribution < -0.4 is 15.6 Å². The topological polar surface area (TPSA) is 77.3 Å². The van der Waals surface area contributed by atoms with Gasteiger partial charge in [-0.2, -0.15) is 0 Å². The van der Waals surface area contributed by atoms with E-state index in [-0.39, 0.29) is 0 Å². The van der Waals surface area contributed by atoms with E-state index in [0.29, 0.717) is 0 Å². The van der Waals surface area contributed by atoms with Crippen molar-refractivity contribution < 1.29 is 0 Å². The molecule has 0 radical (unpaired) electrons. The molecule has 1 unspecified atom stereocenters. The van der Waals surface area contributed by atoms with Gasteiger partial charge in [-0.1, -0.05) is 30.8 Å². The maximum Gasteiger partial charge on any atom is 0.151 e. The molecule has 6 aromatic heterocycles. The standard InChI is InChI=1S/C31H24N6Si/c1-38(25-7-10-28(35-20-25)23-13-17-32-18-14-23,26-8-11-29(36-21-26)24-5-4-15-33-19-24)27-9-12-31(37-22-27)30-6-2-3-16-34-30/h2-22H,1H3. The SMILES string of the molecule is C[Si](c1ccc(-c2ccncc2)nc1)(c1ccc(-c2cccnc2)nc1)c1ccc(-c2ccccn2)nc1. The van der Waals surface area contributed by atoms with Crippen LogP contribution in [0.25, 0.3) is 33.9 Å². The molecule has 6 heterocycles. The van der Waals surface area contributed by atoms with Gasteiger partial charge in [0.2, 0.25) is 0 Å². The summed E-state index contributed by atoms with van der Waals surface area (Å²) in [5.41, 5.74) is 5.55. The van der Waals surface area contributed by atoms with E-state index in [2.05, 4.69) is 57.9 Å². The van der Waals surface area contributed by atoms with Crippen LogP contribution >= 0.6 is 0 Å².